The minimum absolute atomic E-state index is 0.117. The van der Waals surface area contributed by atoms with Gasteiger partial charge < -0.3 is 0 Å². The van der Waals surface area contributed by atoms with Gasteiger partial charge in [-0.05, 0) is 25.1 Å². The molecule has 0 spiro atoms. The predicted molar refractivity (Wildman–Crippen MR) is 61.6 cm³/mol. The molecular formula is C10H10ClFN2O2S. The highest BCUT2D eigenvalue weighted by atomic mass is 35.5. The van der Waals surface area contributed by atoms with Crippen LogP contribution < -0.4 is 4.72 Å². The summed E-state index contributed by atoms with van der Waals surface area (Å²) in [6.45, 7) is 1.60. The Kier molecular flexibility index (Phi) is 4.46. The highest BCUT2D eigenvalue weighted by molar-refractivity contribution is 7.89. The zero-order valence-electron chi connectivity index (χ0n) is 8.94. The number of alkyl halides is 1. The molecule has 0 radical (unpaired) electrons. The summed E-state index contributed by atoms with van der Waals surface area (Å²) in [5, 5.41) is 8.61. The number of hydrogen-bond donors (Lipinski definition) is 1. The number of hydrogen-bond acceptors (Lipinski definition) is 3. The van der Waals surface area contributed by atoms with Gasteiger partial charge in [-0.2, -0.15) is 5.26 Å². The van der Waals surface area contributed by atoms with Crippen molar-refractivity contribution in [2.75, 3.05) is 5.88 Å². The summed E-state index contributed by atoms with van der Waals surface area (Å²) in [6.07, 6.45) is 0. The Hall–Kier alpha value is -1.16. The van der Waals surface area contributed by atoms with Crippen molar-refractivity contribution < 1.29 is 12.8 Å². The molecular weight excluding hydrogens is 267 g/mol. The van der Waals surface area contributed by atoms with Crippen LogP contribution in [0.2, 0.25) is 0 Å². The lowest BCUT2D eigenvalue weighted by atomic mass is 10.2. The van der Waals surface area contributed by atoms with Gasteiger partial charge in [0.1, 0.15) is 11.9 Å². The molecule has 0 saturated carbocycles. The maximum Gasteiger partial charge on any atom is 0.240 e. The van der Waals surface area contributed by atoms with E-state index in [-0.39, 0.29) is 16.3 Å². The summed E-state index contributed by atoms with van der Waals surface area (Å²) in [4.78, 5) is -0.160. The second-order valence-corrected chi connectivity index (χ2v) is 5.45. The molecule has 0 aromatic heterocycles. The second-order valence-electron chi connectivity index (χ2n) is 3.43. The molecule has 0 heterocycles. The molecule has 0 aliphatic rings. The zero-order valence-corrected chi connectivity index (χ0v) is 10.5. The fourth-order valence-electron chi connectivity index (χ4n) is 1.12. The van der Waals surface area contributed by atoms with Crippen LogP contribution in [-0.2, 0) is 10.0 Å². The van der Waals surface area contributed by atoms with E-state index >= 15 is 0 Å². The Morgan fingerprint density at radius 2 is 2.24 bits per heavy atom. The molecule has 1 aromatic rings. The van der Waals surface area contributed by atoms with E-state index in [2.05, 4.69) is 4.72 Å². The number of nitrogens with zero attached hydrogens (tertiary/aromatic N) is 1. The van der Waals surface area contributed by atoms with E-state index in [0.29, 0.717) is 0 Å². The topological polar surface area (TPSA) is 70.0 Å². The summed E-state index contributed by atoms with van der Waals surface area (Å²) in [7, 11) is -3.77. The molecule has 1 N–H and O–H groups in total. The number of benzene rings is 1. The molecule has 92 valence electrons. The van der Waals surface area contributed by atoms with Crippen LogP contribution >= 0.6 is 11.6 Å². The van der Waals surface area contributed by atoms with Gasteiger partial charge in [0.25, 0.3) is 0 Å². The lowest BCUT2D eigenvalue weighted by molar-refractivity contribution is 0.569. The van der Waals surface area contributed by atoms with Gasteiger partial charge in [0.2, 0.25) is 10.0 Å². The molecule has 0 amide bonds. The highest BCUT2D eigenvalue weighted by Crippen LogP contribution is 2.14. The monoisotopic (exact) mass is 276 g/mol. The Bertz CT molecular complexity index is 554. The molecule has 1 aromatic carbocycles. The van der Waals surface area contributed by atoms with Crippen molar-refractivity contribution in [3.05, 3.63) is 29.6 Å². The number of sulfonamides is 1. The third-order valence-corrected chi connectivity index (χ3v) is 4.01. The van der Waals surface area contributed by atoms with Crippen LogP contribution in [0.15, 0.2) is 23.1 Å². The van der Waals surface area contributed by atoms with Crippen molar-refractivity contribution in [1.82, 2.24) is 4.72 Å². The molecule has 0 aliphatic carbocycles. The van der Waals surface area contributed by atoms with Crippen LogP contribution in [-0.4, -0.2) is 20.3 Å². The van der Waals surface area contributed by atoms with Crippen molar-refractivity contribution >= 4 is 21.6 Å². The summed E-state index contributed by atoms with van der Waals surface area (Å²) < 4.78 is 38.9. The largest absolute Gasteiger partial charge is 0.240 e. The fraction of sp³-hybridized carbons (Fsp3) is 0.300. The van der Waals surface area contributed by atoms with E-state index in [0.717, 1.165) is 18.2 Å². The Balaban J connectivity index is 3.13. The van der Waals surface area contributed by atoms with Crippen molar-refractivity contribution in [2.24, 2.45) is 0 Å². The van der Waals surface area contributed by atoms with Crippen molar-refractivity contribution in [1.29, 1.82) is 5.26 Å². The third kappa shape index (κ3) is 3.40. The highest BCUT2D eigenvalue weighted by Gasteiger charge is 2.18. The maximum atomic E-state index is 13.0. The first kappa shape index (κ1) is 13.9. The molecule has 1 unspecified atom stereocenters. The number of nitrogens with one attached hydrogen (secondary N) is 1. The first-order valence-corrected chi connectivity index (χ1v) is 6.70. The fourth-order valence-corrected chi connectivity index (χ4v) is 2.56. The molecule has 1 rings (SSSR count). The average Bonchev–Trinajstić information content (AvgIpc) is 2.28. The van der Waals surface area contributed by atoms with E-state index < -0.39 is 21.9 Å². The van der Waals surface area contributed by atoms with Crippen LogP contribution in [0.3, 0.4) is 0 Å². The Morgan fingerprint density at radius 3 is 2.76 bits per heavy atom. The minimum Gasteiger partial charge on any atom is -0.207 e. The van der Waals surface area contributed by atoms with Gasteiger partial charge in [0.15, 0.2) is 0 Å². The molecule has 0 bridgehead atoms. The molecule has 0 saturated heterocycles. The van der Waals surface area contributed by atoms with Crippen LogP contribution in [0.5, 0.6) is 0 Å². The number of halogens is 2. The van der Waals surface area contributed by atoms with Crippen LogP contribution in [0.4, 0.5) is 4.39 Å². The van der Waals surface area contributed by atoms with Gasteiger partial charge >= 0.3 is 0 Å². The van der Waals surface area contributed by atoms with E-state index in [1.54, 1.807) is 13.0 Å². The second kappa shape index (κ2) is 5.45. The lowest BCUT2D eigenvalue weighted by Gasteiger charge is -2.11. The van der Waals surface area contributed by atoms with E-state index in [1.807, 2.05) is 0 Å². The van der Waals surface area contributed by atoms with Gasteiger partial charge in [0.05, 0.1) is 10.5 Å². The van der Waals surface area contributed by atoms with Gasteiger partial charge in [-0.3, -0.25) is 0 Å². The summed E-state index contributed by atoms with van der Waals surface area (Å²) in [5.74, 6) is -0.636. The summed E-state index contributed by atoms with van der Waals surface area (Å²) in [6, 6.07) is 4.16. The summed E-state index contributed by atoms with van der Waals surface area (Å²) in [5.41, 5.74) is -0.314. The standard InChI is InChI=1S/C10H10ClFN2O2S/c1-7(5-11)14-17(15,16)9-2-3-10(12)8(4-9)6-13/h2-4,7,14H,5H2,1H3. The number of nitriles is 1. The zero-order chi connectivity index (χ0) is 13.1. The van der Waals surface area contributed by atoms with Crippen molar-refractivity contribution in [3.8, 4) is 6.07 Å². The Morgan fingerprint density at radius 1 is 1.59 bits per heavy atom. The van der Waals surface area contributed by atoms with E-state index in [1.165, 1.54) is 0 Å². The molecule has 1 atom stereocenters. The molecule has 4 nitrogen and oxygen atoms in total. The van der Waals surface area contributed by atoms with Gasteiger partial charge in [-0.1, -0.05) is 0 Å². The van der Waals surface area contributed by atoms with Crippen LogP contribution in [0.25, 0.3) is 0 Å². The first-order valence-electron chi connectivity index (χ1n) is 4.68. The smallest absolute Gasteiger partial charge is 0.207 e. The van der Waals surface area contributed by atoms with Gasteiger partial charge in [-0.15, -0.1) is 11.6 Å². The van der Waals surface area contributed by atoms with Crippen LogP contribution in [0.1, 0.15) is 12.5 Å². The van der Waals surface area contributed by atoms with Gasteiger partial charge in [-0.25, -0.2) is 17.5 Å². The predicted octanol–water partition coefficient (Wildman–Crippen LogP) is 1.60. The SMILES string of the molecule is CC(CCl)NS(=O)(=O)c1ccc(F)c(C#N)c1. The lowest BCUT2D eigenvalue weighted by Crippen LogP contribution is -2.33. The first-order chi connectivity index (χ1) is 7.90. The van der Waals surface area contributed by atoms with E-state index in [4.69, 9.17) is 16.9 Å². The minimum atomic E-state index is -3.77. The van der Waals surface area contributed by atoms with Crippen molar-refractivity contribution in [2.45, 2.75) is 17.9 Å². The normalized spacial score (nSPS) is 13.1. The summed E-state index contributed by atoms with van der Waals surface area (Å²) >= 11 is 5.49. The molecule has 0 aliphatic heterocycles. The third-order valence-electron chi connectivity index (χ3n) is 1.96. The maximum absolute atomic E-state index is 13.0. The van der Waals surface area contributed by atoms with Crippen LogP contribution in [0, 0.1) is 17.1 Å². The molecule has 0 fully saturated rings. The van der Waals surface area contributed by atoms with Gasteiger partial charge in [0, 0.05) is 11.9 Å². The molecule has 17 heavy (non-hydrogen) atoms. The number of rotatable bonds is 4. The quantitative estimate of drug-likeness (QED) is 0.849. The van der Waals surface area contributed by atoms with E-state index in [9.17, 15) is 12.8 Å². The van der Waals surface area contributed by atoms with Crippen molar-refractivity contribution in [3.63, 3.8) is 0 Å². The molecule has 7 heteroatoms. The Labute approximate surface area is 104 Å². The average molecular weight is 277 g/mol.